The molecular formula is C75H79Cl3F6N19O7P. The third-order valence-electron chi connectivity index (χ3n) is 17.2. The Bertz CT molecular complexity index is 4780. The first-order valence-electron chi connectivity index (χ1n) is 34.4. The maximum absolute atomic E-state index is 15.1. The van der Waals surface area contributed by atoms with Crippen LogP contribution in [-0.4, -0.2) is 132 Å². The average molecular weight is 1610 g/mol. The van der Waals surface area contributed by atoms with Crippen molar-refractivity contribution in [1.82, 2.24) is 40.5 Å². The summed E-state index contributed by atoms with van der Waals surface area (Å²) in [7, 11) is 0.380. The summed E-state index contributed by atoms with van der Waals surface area (Å²) in [5, 5.41) is 21.4. The normalized spacial score (nSPS) is 14.4. The van der Waals surface area contributed by atoms with Crippen molar-refractivity contribution in [3.8, 4) is 33.8 Å². The number of carbonyl (C=O) groups is 3. The first-order chi connectivity index (χ1) is 53.1. The molecule has 3 aliphatic heterocycles. The number of nitrogens with one attached hydrogen (secondary N) is 2. The SMILES string of the molecule is CP(C)C.NC[C@@H](NC(=O)c1ccc(-c2nc(C3CCOCC3)cnc2N)cc1F)c1cc(F)cc(Cl)c1.Nc1ncc(C2CCOCC2)nc1-c1ccc(C(=O)O)c(F)c1.[N-]=[N+]=NC[C@@H](N)c1cc(F)cc(Cl)c1.[N-]=[N+]=NC[C@@H](NC(=O)c1ccc(-c2nc(C3CCOCC3)cnc2N)cc1F)c1cc(F)cc(Cl)c1. The van der Waals surface area contributed by atoms with Gasteiger partial charge in [-0.3, -0.25) is 9.59 Å². The molecule has 3 atom stereocenters. The van der Waals surface area contributed by atoms with Crippen LogP contribution < -0.4 is 39.3 Å². The summed E-state index contributed by atoms with van der Waals surface area (Å²) in [6.07, 6.45) is 9.85. The highest BCUT2D eigenvalue weighted by molar-refractivity contribution is 7.55. The van der Waals surface area contributed by atoms with E-state index in [2.05, 4.69) is 80.6 Å². The second-order valence-electron chi connectivity index (χ2n) is 25.8. The van der Waals surface area contributed by atoms with Crippen molar-refractivity contribution in [3.63, 3.8) is 0 Å². The number of nitrogen functional groups attached to an aromatic ring is 3. The van der Waals surface area contributed by atoms with Crippen LogP contribution in [0.4, 0.5) is 43.8 Å². The van der Waals surface area contributed by atoms with Crippen LogP contribution in [0, 0.1) is 34.9 Å². The lowest BCUT2D eigenvalue weighted by atomic mass is 9.96. The van der Waals surface area contributed by atoms with Crippen LogP contribution in [0.2, 0.25) is 15.1 Å². The number of ether oxygens (including phenoxy) is 3. The van der Waals surface area contributed by atoms with Gasteiger partial charge < -0.3 is 58.6 Å². The Hall–Kier alpha value is -10.3. The number of nitrogens with zero attached hydrogens (tertiary/aromatic N) is 12. The molecule has 0 saturated carbocycles. The predicted molar refractivity (Wildman–Crippen MR) is 414 cm³/mol. The number of carbonyl (C=O) groups excluding carboxylic acids is 2. The third kappa shape index (κ3) is 25.3. The fourth-order valence-corrected chi connectivity index (χ4v) is 12.3. The molecule has 13 N–H and O–H groups in total. The molecule has 0 unspecified atom stereocenters. The van der Waals surface area contributed by atoms with E-state index in [0.717, 1.165) is 85.9 Å². The molecule has 6 heterocycles. The van der Waals surface area contributed by atoms with Gasteiger partial charge in [0, 0.05) is 118 Å². The molecule has 111 heavy (non-hydrogen) atoms. The number of hydrogen-bond acceptors (Lipinski definition) is 19. The van der Waals surface area contributed by atoms with Crippen LogP contribution >= 0.6 is 42.7 Å². The third-order valence-corrected chi connectivity index (χ3v) is 17.9. The van der Waals surface area contributed by atoms with E-state index in [0.29, 0.717) is 92.5 Å². The first kappa shape index (κ1) is 86.3. The molecule has 3 aliphatic rings. The standard InChI is InChI=1S/C24H22ClF2N7O2.C24H24ClF2N5O2.C16H16FN3O3.C8H8ClFN4.C3H9P/c25-16-7-15(8-17(26)10-16)21(12-31-34-29)33-24(35)18-2-1-14(9-19(18)27)22-23(28)30-11-20(32-22)13-3-5-36-6-4-13;25-16-7-15(8-17(26)10-16)20(11-28)32-24(33)18-2-1-14(9-19(18)27)22-23(29)30-12-21(31-22)13-3-5-34-6-4-13;17-12-7-10(1-2-11(12)16(21)22)14-15(18)19-8-13(20-14)9-3-5-23-6-4-9;9-6-1-5(2-7(10)3-6)8(11)4-13-14-12;1-4(2)3/h1-2,7-11,13,21H,3-6,12H2,(H2,28,30)(H,33,35);1-2,7-10,12-13,20H,3-6,11,28H2,(H2,29,30)(H,32,33);1-2,7-9H,3-6H2,(H2,18,19)(H,21,22);1-3,8H,4,11H2;1-3H3/t21-;20-;;8-;/m11.1./s1. The van der Waals surface area contributed by atoms with E-state index in [1.54, 1.807) is 30.7 Å². The Morgan fingerprint density at radius 3 is 1.15 bits per heavy atom. The maximum Gasteiger partial charge on any atom is 0.338 e. The highest BCUT2D eigenvalue weighted by atomic mass is 35.5. The van der Waals surface area contributed by atoms with Gasteiger partial charge in [0.1, 0.15) is 69.4 Å². The minimum Gasteiger partial charge on any atom is -0.478 e. The number of azide groups is 2. The molecule has 26 nitrogen and oxygen atoms in total. The van der Waals surface area contributed by atoms with Crippen LogP contribution in [0.15, 0.2) is 138 Å². The number of aromatic nitrogens is 6. The summed E-state index contributed by atoms with van der Waals surface area (Å²) in [6.45, 7) is 10.4. The van der Waals surface area contributed by atoms with E-state index in [1.165, 1.54) is 66.7 Å². The van der Waals surface area contributed by atoms with Gasteiger partial charge in [0.25, 0.3) is 11.8 Å². The van der Waals surface area contributed by atoms with Gasteiger partial charge in [-0.25, -0.2) is 61.0 Å². The minimum atomic E-state index is -1.32. The maximum atomic E-state index is 15.1. The lowest BCUT2D eigenvalue weighted by molar-refractivity contribution is 0.0691. The van der Waals surface area contributed by atoms with Crippen molar-refractivity contribution in [2.45, 2.75) is 74.4 Å². The van der Waals surface area contributed by atoms with Gasteiger partial charge in [-0.15, -0.1) is 7.92 Å². The van der Waals surface area contributed by atoms with Crippen LogP contribution in [-0.2, 0) is 14.2 Å². The van der Waals surface area contributed by atoms with E-state index < -0.39 is 70.8 Å². The Morgan fingerprint density at radius 1 is 0.514 bits per heavy atom. The van der Waals surface area contributed by atoms with Crippen LogP contribution in [0.3, 0.4) is 0 Å². The zero-order chi connectivity index (χ0) is 80.4. The number of hydrogen-bond donors (Lipinski definition) is 8. The summed E-state index contributed by atoms with van der Waals surface area (Å²) >= 11 is 17.4. The summed E-state index contributed by atoms with van der Waals surface area (Å²) in [4.78, 5) is 68.1. The quantitative estimate of drug-likeness (QED) is 0.0123. The molecule has 0 spiro atoms. The largest absolute Gasteiger partial charge is 0.478 e. The number of anilines is 3. The number of carboxylic acids is 1. The number of amides is 2. The molecule has 2 amide bonds. The number of aromatic carboxylic acids is 1. The second kappa shape index (κ2) is 42.2. The fourth-order valence-electron chi connectivity index (χ4n) is 11.6. The van der Waals surface area contributed by atoms with Crippen LogP contribution in [0.25, 0.3) is 54.7 Å². The van der Waals surface area contributed by atoms with E-state index in [9.17, 15) is 36.3 Å². The van der Waals surface area contributed by atoms with Crippen LogP contribution in [0.5, 0.6) is 0 Å². The highest BCUT2D eigenvalue weighted by Gasteiger charge is 2.27. The second-order valence-corrected chi connectivity index (χ2v) is 29.8. The van der Waals surface area contributed by atoms with Gasteiger partial charge in [-0.1, -0.05) is 63.2 Å². The van der Waals surface area contributed by atoms with Gasteiger partial charge in [0.05, 0.1) is 71.0 Å². The first-order valence-corrected chi connectivity index (χ1v) is 38.3. The fraction of sp³-hybridized carbons (Fsp3) is 0.320. The van der Waals surface area contributed by atoms with E-state index in [1.807, 2.05) is 0 Å². The Labute approximate surface area is 650 Å². The Morgan fingerprint density at radius 2 is 0.829 bits per heavy atom. The molecule has 12 rings (SSSR count). The van der Waals surface area contributed by atoms with E-state index >= 15 is 4.39 Å². The van der Waals surface area contributed by atoms with Gasteiger partial charge in [0.15, 0.2) is 0 Å². The van der Waals surface area contributed by atoms with Crippen LogP contribution in [0.1, 0.15) is 139 Å². The summed E-state index contributed by atoms with van der Waals surface area (Å²) in [5.41, 5.74) is 50.9. The number of nitrogens with two attached hydrogens (primary N) is 5. The average Bonchev–Trinajstić information content (AvgIpc) is 0.811. The van der Waals surface area contributed by atoms with Gasteiger partial charge >= 0.3 is 5.97 Å². The molecule has 0 bridgehead atoms. The smallest absolute Gasteiger partial charge is 0.338 e. The van der Waals surface area contributed by atoms with Crippen molar-refractivity contribution in [1.29, 1.82) is 0 Å². The molecule has 0 aliphatic carbocycles. The molecular weight excluding hydrogens is 1530 g/mol. The number of carboxylic acid groups (broad SMARTS) is 1. The molecule has 0 radical (unpaired) electrons. The monoisotopic (exact) mass is 1610 g/mol. The van der Waals surface area contributed by atoms with Gasteiger partial charge in [0.2, 0.25) is 0 Å². The summed E-state index contributed by atoms with van der Waals surface area (Å²) in [6, 6.07) is 21.2. The highest BCUT2D eigenvalue weighted by Crippen LogP contribution is 2.35. The zero-order valence-electron chi connectivity index (χ0n) is 60.2. The van der Waals surface area contributed by atoms with Crippen molar-refractivity contribution in [3.05, 3.63) is 249 Å². The molecule has 3 fully saturated rings. The molecule has 3 aromatic heterocycles. The molecule has 36 heteroatoms. The van der Waals surface area contributed by atoms with E-state index in [-0.39, 0.29) is 92.2 Å². The Balaban J connectivity index is 0.000000191. The van der Waals surface area contributed by atoms with Crippen molar-refractivity contribution in [2.75, 3.05) is 96.5 Å². The minimum absolute atomic E-state index is 0.0314. The topological polar surface area (TPSA) is 428 Å². The number of halogens is 9. The van der Waals surface area contributed by atoms with E-state index in [4.69, 9.17) is 93.9 Å². The predicted octanol–water partition coefficient (Wildman–Crippen LogP) is 15.9. The summed E-state index contributed by atoms with van der Waals surface area (Å²) < 4.78 is 100. The molecule has 6 aromatic carbocycles. The number of rotatable bonds is 19. The Kier molecular flexibility index (Phi) is 32.8. The lowest BCUT2D eigenvalue weighted by Crippen LogP contribution is -2.34. The molecule has 3 saturated heterocycles. The lowest BCUT2D eigenvalue weighted by Gasteiger charge is -2.22. The molecule has 9 aromatic rings. The zero-order valence-corrected chi connectivity index (χ0v) is 63.4. The van der Waals surface area contributed by atoms with Crippen molar-refractivity contribution < 1.29 is 60.0 Å². The van der Waals surface area contributed by atoms with Crippen molar-refractivity contribution >= 4 is 78.0 Å². The van der Waals surface area contributed by atoms with Gasteiger partial charge in [-0.2, -0.15) is 0 Å². The summed E-state index contributed by atoms with van der Waals surface area (Å²) in [5.74, 6) is -5.76. The van der Waals surface area contributed by atoms with Crippen molar-refractivity contribution in [2.24, 2.45) is 21.7 Å². The molecule has 584 valence electrons. The van der Waals surface area contributed by atoms with Gasteiger partial charge in [-0.05, 0) is 177 Å². The number of benzene rings is 6.